The van der Waals surface area contributed by atoms with Crippen LogP contribution in [0.15, 0.2) is 65.6 Å². The highest BCUT2D eigenvalue weighted by molar-refractivity contribution is 5.79. The summed E-state index contributed by atoms with van der Waals surface area (Å²) in [6, 6.07) is 13.4. The third-order valence-electron chi connectivity index (χ3n) is 6.15. The van der Waals surface area contributed by atoms with E-state index >= 15 is 0 Å². The molecule has 0 bridgehead atoms. The second-order valence-electron chi connectivity index (χ2n) is 8.36. The molecule has 9 heteroatoms. The maximum absolute atomic E-state index is 13.9. The quantitative estimate of drug-likeness (QED) is 0.432. The molecule has 1 fully saturated rings. The number of nitrogens with zero attached hydrogens (tertiary/aromatic N) is 4. The third-order valence-corrected chi connectivity index (χ3v) is 6.15. The van der Waals surface area contributed by atoms with Gasteiger partial charge in [0.1, 0.15) is 17.4 Å². The Hall–Kier alpha value is -3.85. The summed E-state index contributed by atoms with van der Waals surface area (Å²) >= 11 is 0. The fraction of sp³-hybridized carbons (Fsp3) is 0.269. The van der Waals surface area contributed by atoms with Gasteiger partial charge in [-0.1, -0.05) is 18.2 Å². The minimum atomic E-state index is -0.434. The standard InChI is InChI=1S/C26H25F2N5O2/c1-2-32-24(22-12-15-30-26(31-22)35-21-5-3-4-19(28)16-21)23(17-6-8-18(27)9-7-17)25(34)33(32)20-10-13-29-14-11-20/h3-9,12,15-16,20,29H,2,10-11,13-14H2,1H3. The van der Waals surface area contributed by atoms with Gasteiger partial charge >= 0.3 is 6.01 Å². The lowest BCUT2D eigenvalue weighted by Crippen LogP contribution is -2.36. The Bertz CT molecular complexity index is 1390. The maximum atomic E-state index is 13.9. The first-order chi connectivity index (χ1) is 17.0. The van der Waals surface area contributed by atoms with Crippen molar-refractivity contribution in [1.29, 1.82) is 0 Å². The average Bonchev–Trinajstić information content (AvgIpc) is 3.17. The van der Waals surface area contributed by atoms with Crippen LogP contribution in [-0.2, 0) is 6.54 Å². The molecule has 7 nitrogen and oxygen atoms in total. The second kappa shape index (κ2) is 9.79. The first kappa shape index (κ1) is 22.9. The number of piperidine rings is 1. The van der Waals surface area contributed by atoms with Gasteiger partial charge in [-0.05, 0) is 68.8 Å². The number of nitrogens with one attached hydrogen (secondary N) is 1. The van der Waals surface area contributed by atoms with Crippen LogP contribution < -0.4 is 15.6 Å². The highest BCUT2D eigenvalue weighted by Crippen LogP contribution is 2.33. The molecule has 0 saturated carbocycles. The molecule has 2 aromatic heterocycles. The Morgan fingerprint density at radius 3 is 2.54 bits per heavy atom. The van der Waals surface area contributed by atoms with Gasteiger partial charge in [-0.3, -0.25) is 9.48 Å². The Morgan fingerprint density at radius 1 is 1.06 bits per heavy atom. The van der Waals surface area contributed by atoms with E-state index in [9.17, 15) is 13.6 Å². The zero-order valence-corrected chi connectivity index (χ0v) is 19.2. The number of benzene rings is 2. The lowest BCUT2D eigenvalue weighted by molar-refractivity contribution is 0.297. The summed E-state index contributed by atoms with van der Waals surface area (Å²) < 4.78 is 36.8. The summed E-state index contributed by atoms with van der Waals surface area (Å²) in [5, 5.41) is 3.34. The molecule has 1 aliphatic rings. The van der Waals surface area contributed by atoms with Gasteiger partial charge in [-0.25, -0.2) is 18.4 Å². The lowest BCUT2D eigenvalue weighted by atomic mass is 10.0. The van der Waals surface area contributed by atoms with Crippen LogP contribution in [0.25, 0.3) is 22.5 Å². The Labute approximate surface area is 201 Å². The second-order valence-corrected chi connectivity index (χ2v) is 8.36. The normalized spacial score (nSPS) is 14.3. The van der Waals surface area contributed by atoms with Crippen molar-refractivity contribution in [3.8, 4) is 34.3 Å². The van der Waals surface area contributed by atoms with E-state index in [1.165, 1.54) is 36.5 Å². The molecule has 1 N–H and O–H groups in total. The highest BCUT2D eigenvalue weighted by atomic mass is 19.1. The maximum Gasteiger partial charge on any atom is 0.322 e. The summed E-state index contributed by atoms with van der Waals surface area (Å²) in [5.74, 6) is -0.547. The number of hydrogen-bond donors (Lipinski definition) is 1. The van der Waals surface area contributed by atoms with Gasteiger partial charge in [0.15, 0.2) is 0 Å². The van der Waals surface area contributed by atoms with Crippen LogP contribution in [0, 0.1) is 11.6 Å². The fourth-order valence-corrected chi connectivity index (χ4v) is 4.58. The Balaban J connectivity index is 1.67. The van der Waals surface area contributed by atoms with Crippen LogP contribution in [0.4, 0.5) is 8.78 Å². The van der Waals surface area contributed by atoms with Gasteiger partial charge in [0.05, 0.1) is 23.0 Å². The van der Waals surface area contributed by atoms with Crippen LogP contribution in [0.1, 0.15) is 25.8 Å². The first-order valence-corrected chi connectivity index (χ1v) is 11.6. The van der Waals surface area contributed by atoms with Crippen LogP contribution in [0.2, 0.25) is 0 Å². The predicted molar refractivity (Wildman–Crippen MR) is 128 cm³/mol. The molecule has 3 heterocycles. The van der Waals surface area contributed by atoms with E-state index in [-0.39, 0.29) is 29.2 Å². The summed E-state index contributed by atoms with van der Waals surface area (Å²) in [6.45, 7) is 4.15. The zero-order valence-electron chi connectivity index (χ0n) is 19.2. The minimum absolute atomic E-state index is 0.0292. The van der Waals surface area contributed by atoms with Gasteiger partial charge in [0.25, 0.3) is 5.56 Å². The topological polar surface area (TPSA) is 74.0 Å². The molecule has 5 rings (SSSR count). The monoisotopic (exact) mass is 477 g/mol. The molecule has 0 amide bonds. The highest BCUT2D eigenvalue weighted by Gasteiger charge is 2.28. The predicted octanol–water partition coefficient (Wildman–Crippen LogP) is 4.79. The molecule has 2 aromatic carbocycles. The van der Waals surface area contributed by atoms with Crippen LogP contribution in [0.5, 0.6) is 11.8 Å². The smallest absolute Gasteiger partial charge is 0.322 e. The van der Waals surface area contributed by atoms with Gasteiger partial charge in [-0.2, -0.15) is 4.98 Å². The lowest BCUT2D eigenvalue weighted by Gasteiger charge is -2.26. The molecule has 0 aliphatic carbocycles. The third kappa shape index (κ3) is 4.59. The van der Waals surface area contributed by atoms with Gasteiger partial charge in [0, 0.05) is 18.8 Å². The molecule has 1 saturated heterocycles. The van der Waals surface area contributed by atoms with Gasteiger partial charge < -0.3 is 10.1 Å². The number of hydrogen-bond acceptors (Lipinski definition) is 5. The van der Waals surface area contributed by atoms with Gasteiger partial charge in [0.2, 0.25) is 0 Å². The molecule has 1 aliphatic heterocycles. The Morgan fingerprint density at radius 2 is 1.83 bits per heavy atom. The molecule has 0 atom stereocenters. The largest absolute Gasteiger partial charge is 0.424 e. The van der Waals surface area contributed by atoms with E-state index < -0.39 is 5.82 Å². The SMILES string of the molecule is CCn1c(-c2ccnc(Oc3cccc(F)c3)n2)c(-c2ccc(F)cc2)c(=O)n1C1CCNCC1. The summed E-state index contributed by atoms with van der Waals surface area (Å²) in [7, 11) is 0. The summed E-state index contributed by atoms with van der Waals surface area (Å²) in [4.78, 5) is 22.6. The van der Waals surface area contributed by atoms with E-state index in [0.717, 1.165) is 25.9 Å². The van der Waals surface area contributed by atoms with Crippen molar-refractivity contribution in [1.82, 2.24) is 24.6 Å². The molecule has 0 radical (unpaired) electrons. The molecule has 0 unspecified atom stereocenters. The molecular weight excluding hydrogens is 452 g/mol. The fourth-order valence-electron chi connectivity index (χ4n) is 4.58. The zero-order chi connectivity index (χ0) is 24.4. The van der Waals surface area contributed by atoms with E-state index in [1.54, 1.807) is 24.3 Å². The van der Waals surface area contributed by atoms with E-state index in [4.69, 9.17) is 4.74 Å². The van der Waals surface area contributed by atoms with Crippen molar-refractivity contribution in [3.63, 3.8) is 0 Å². The van der Waals surface area contributed by atoms with Crippen molar-refractivity contribution >= 4 is 0 Å². The number of halogens is 2. The molecule has 35 heavy (non-hydrogen) atoms. The van der Waals surface area contributed by atoms with E-state index in [1.807, 2.05) is 16.3 Å². The molecule has 180 valence electrons. The number of ether oxygens (including phenoxy) is 1. The van der Waals surface area contributed by atoms with E-state index in [0.29, 0.717) is 29.1 Å². The molecular formula is C26H25F2N5O2. The summed E-state index contributed by atoms with van der Waals surface area (Å²) in [5.41, 5.74) is 1.99. The van der Waals surface area contributed by atoms with Crippen molar-refractivity contribution < 1.29 is 13.5 Å². The number of rotatable bonds is 6. The van der Waals surface area contributed by atoms with Crippen LogP contribution in [0.3, 0.4) is 0 Å². The Kier molecular flexibility index (Phi) is 6.41. The molecule has 4 aromatic rings. The number of aromatic nitrogens is 4. The summed E-state index contributed by atoms with van der Waals surface area (Å²) in [6.07, 6.45) is 3.19. The van der Waals surface area contributed by atoms with Crippen molar-refractivity contribution in [2.24, 2.45) is 0 Å². The van der Waals surface area contributed by atoms with Crippen molar-refractivity contribution in [3.05, 3.63) is 82.8 Å². The van der Waals surface area contributed by atoms with Crippen LogP contribution >= 0.6 is 0 Å². The van der Waals surface area contributed by atoms with Crippen LogP contribution in [-0.4, -0.2) is 32.4 Å². The van der Waals surface area contributed by atoms with Crippen molar-refractivity contribution in [2.45, 2.75) is 32.4 Å². The average molecular weight is 478 g/mol. The van der Waals surface area contributed by atoms with Gasteiger partial charge in [-0.15, -0.1) is 0 Å². The minimum Gasteiger partial charge on any atom is -0.424 e. The van der Waals surface area contributed by atoms with E-state index in [2.05, 4.69) is 15.3 Å². The first-order valence-electron chi connectivity index (χ1n) is 11.6. The molecule has 0 spiro atoms. The van der Waals surface area contributed by atoms with Crippen molar-refractivity contribution in [2.75, 3.05) is 13.1 Å².